The van der Waals surface area contributed by atoms with Gasteiger partial charge in [0.15, 0.2) is 6.17 Å². The highest BCUT2D eigenvalue weighted by Gasteiger charge is 2.35. The van der Waals surface area contributed by atoms with Crippen molar-refractivity contribution in [2.24, 2.45) is 0 Å². The van der Waals surface area contributed by atoms with Crippen LogP contribution in [-0.4, -0.2) is 30.4 Å². The normalized spacial score (nSPS) is 21.4. The summed E-state index contributed by atoms with van der Waals surface area (Å²) in [5.74, 6) is -1.75. The highest BCUT2D eigenvalue weighted by atomic mass is 19.4. The van der Waals surface area contributed by atoms with Crippen molar-refractivity contribution in [2.75, 3.05) is 0 Å². The first kappa shape index (κ1) is 16.1. The van der Waals surface area contributed by atoms with Gasteiger partial charge < -0.3 is 15.4 Å². The van der Waals surface area contributed by atoms with Crippen LogP contribution in [0.1, 0.15) is 12.0 Å². The summed E-state index contributed by atoms with van der Waals surface area (Å²) in [6.45, 7) is 0.0362. The average Bonchev–Trinajstić information content (AvgIpc) is 2.76. The molecule has 0 aromatic heterocycles. The minimum Gasteiger partial charge on any atom is -0.406 e. The number of alkyl halides is 4. The maximum absolute atomic E-state index is 13.0. The van der Waals surface area contributed by atoms with Crippen molar-refractivity contribution in [3.63, 3.8) is 0 Å². The number of carbonyl (C=O) groups is 2. The lowest BCUT2D eigenvalue weighted by Gasteiger charge is -2.12. The van der Waals surface area contributed by atoms with Crippen molar-refractivity contribution in [1.29, 1.82) is 0 Å². The van der Waals surface area contributed by atoms with E-state index in [4.69, 9.17) is 0 Å². The van der Waals surface area contributed by atoms with Crippen LogP contribution in [-0.2, 0) is 16.1 Å². The molecule has 1 fully saturated rings. The van der Waals surface area contributed by atoms with Gasteiger partial charge in [-0.3, -0.25) is 9.59 Å². The molecular weight excluding hydrogens is 308 g/mol. The van der Waals surface area contributed by atoms with Gasteiger partial charge in [0.2, 0.25) is 5.91 Å². The number of hydrogen-bond acceptors (Lipinski definition) is 3. The number of hydrogen-bond donors (Lipinski definition) is 2. The predicted octanol–water partition coefficient (Wildman–Crippen LogP) is 1.43. The van der Waals surface area contributed by atoms with Gasteiger partial charge in [0, 0.05) is 13.0 Å². The van der Waals surface area contributed by atoms with E-state index >= 15 is 0 Å². The van der Waals surface area contributed by atoms with Crippen LogP contribution >= 0.6 is 0 Å². The summed E-state index contributed by atoms with van der Waals surface area (Å²) in [5.41, 5.74) is 0.531. The van der Waals surface area contributed by atoms with Crippen molar-refractivity contribution >= 4 is 11.8 Å². The molecule has 1 heterocycles. The van der Waals surface area contributed by atoms with Gasteiger partial charge in [0.25, 0.3) is 5.91 Å². The maximum atomic E-state index is 13.0. The highest BCUT2D eigenvalue weighted by Crippen LogP contribution is 2.22. The van der Waals surface area contributed by atoms with E-state index in [9.17, 15) is 27.2 Å². The van der Waals surface area contributed by atoms with Gasteiger partial charge in [-0.25, -0.2) is 4.39 Å². The summed E-state index contributed by atoms with van der Waals surface area (Å²) in [6, 6.07) is 4.00. The highest BCUT2D eigenvalue weighted by molar-refractivity contribution is 5.93. The Bertz CT molecular complexity index is 559. The van der Waals surface area contributed by atoms with Crippen molar-refractivity contribution in [3.05, 3.63) is 29.8 Å². The van der Waals surface area contributed by atoms with Crippen molar-refractivity contribution < 1.29 is 31.9 Å². The SMILES string of the molecule is O=C(NCc1ccc(OC(F)(F)F)cc1)[C@@H]1C[C@H](F)C(=O)N1. The smallest absolute Gasteiger partial charge is 0.406 e. The van der Waals surface area contributed by atoms with Crippen LogP contribution in [0.3, 0.4) is 0 Å². The predicted molar refractivity (Wildman–Crippen MR) is 66.4 cm³/mol. The lowest BCUT2D eigenvalue weighted by molar-refractivity contribution is -0.274. The number of rotatable bonds is 4. The second-order valence-corrected chi connectivity index (χ2v) is 4.67. The summed E-state index contributed by atoms with van der Waals surface area (Å²) in [4.78, 5) is 22.6. The third-order valence-corrected chi connectivity index (χ3v) is 2.98. The zero-order chi connectivity index (χ0) is 16.3. The van der Waals surface area contributed by atoms with Gasteiger partial charge in [-0.05, 0) is 17.7 Å². The Labute approximate surface area is 122 Å². The Morgan fingerprint density at radius 1 is 1.32 bits per heavy atom. The third-order valence-electron chi connectivity index (χ3n) is 2.98. The number of nitrogens with one attached hydrogen (secondary N) is 2. The molecule has 120 valence electrons. The minimum absolute atomic E-state index is 0.0362. The standard InChI is InChI=1S/C13H12F4N2O3/c14-9-5-10(19-11(9)20)12(21)18-6-7-1-3-8(4-2-7)22-13(15,16)17/h1-4,9-10H,5-6H2,(H,18,21)(H,19,20)/t9-,10-/m0/s1. The fourth-order valence-electron chi connectivity index (χ4n) is 1.93. The Morgan fingerprint density at radius 2 is 1.95 bits per heavy atom. The summed E-state index contributed by atoms with van der Waals surface area (Å²) in [5, 5.41) is 4.67. The van der Waals surface area contributed by atoms with Crippen LogP contribution in [0.25, 0.3) is 0 Å². The van der Waals surface area contributed by atoms with E-state index in [-0.39, 0.29) is 18.7 Å². The molecule has 1 aliphatic heterocycles. The second kappa shape index (κ2) is 6.20. The van der Waals surface area contributed by atoms with Crippen molar-refractivity contribution in [1.82, 2.24) is 10.6 Å². The van der Waals surface area contributed by atoms with Crippen LogP contribution < -0.4 is 15.4 Å². The topological polar surface area (TPSA) is 67.4 Å². The molecule has 1 saturated heterocycles. The monoisotopic (exact) mass is 320 g/mol. The van der Waals surface area contributed by atoms with E-state index in [2.05, 4.69) is 15.4 Å². The summed E-state index contributed by atoms with van der Waals surface area (Å²) in [7, 11) is 0. The van der Waals surface area contributed by atoms with E-state index in [0.717, 1.165) is 12.1 Å². The quantitative estimate of drug-likeness (QED) is 0.825. The Hall–Kier alpha value is -2.32. The number of carbonyl (C=O) groups excluding carboxylic acids is 2. The molecule has 2 N–H and O–H groups in total. The number of benzene rings is 1. The molecule has 1 aliphatic rings. The van der Waals surface area contributed by atoms with Crippen LogP contribution in [0.5, 0.6) is 5.75 Å². The Morgan fingerprint density at radius 3 is 2.45 bits per heavy atom. The molecule has 5 nitrogen and oxygen atoms in total. The van der Waals surface area contributed by atoms with Crippen LogP contribution in [0, 0.1) is 0 Å². The molecule has 2 atom stereocenters. The van der Waals surface area contributed by atoms with E-state index in [1.165, 1.54) is 12.1 Å². The molecule has 0 unspecified atom stereocenters. The number of ether oxygens (including phenoxy) is 1. The molecule has 1 aromatic rings. The van der Waals surface area contributed by atoms with Gasteiger partial charge in [-0.1, -0.05) is 12.1 Å². The molecular formula is C13H12F4N2O3. The molecule has 22 heavy (non-hydrogen) atoms. The minimum atomic E-state index is -4.76. The Balaban J connectivity index is 1.84. The van der Waals surface area contributed by atoms with Crippen LogP contribution in [0.4, 0.5) is 17.6 Å². The molecule has 0 spiro atoms. The van der Waals surface area contributed by atoms with Gasteiger partial charge in [-0.15, -0.1) is 13.2 Å². The van der Waals surface area contributed by atoms with Crippen molar-refractivity contribution in [3.8, 4) is 5.75 Å². The summed E-state index contributed by atoms with van der Waals surface area (Å²) < 4.78 is 52.6. The number of halogens is 4. The van der Waals surface area contributed by atoms with E-state index in [0.29, 0.717) is 5.56 Å². The first-order valence-electron chi connectivity index (χ1n) is 6.31. The maximum Gasteiger partial charge on any atom is 0.573 e. The molecule has 2 amide bonds. The first-order chi connectivity index (χ1) is 10.2. The largest absolute Gasteiger partial charge is 0.573 e. The third kappa shape index (κ3) is 4.34. The first-order valence-corrected chi connectivity index (χ1v) is 6.31. The van der Waals surface area contributed by atoms with Gasteiger partial charge >= 0.3 is 6.36 Å². The van der Waals surface area contributed by atoms with Crippen LogP contribution in [0.2, 0.25) is 0 Å². The molecule has 0 bridgehead atoms. The lowest BCUT2D eigenvalue weighted by Crippen LogP contribution is -2.41. The number of amides is 2. The lowest BCUT2D eigenvalue weighted by atomic mass is 10.2. The molecule has 0 saturated carbocycles. The van der Waals surface area contributed by atoms with E-state index in [1.807, 2.05) is 0 Å². The zero-order valence-electron chi connectivity index (χ0n) is 11.1. The average molecular weight is 320 g/mol. The molecule has 2 rings (SSSR count). The molecule has 1 aromatic carbocycles. The van der Waals surface area contributed by atoms with Gasteiger partial charge in [0.05, 0.1) is 0 Å². The molecule has 0 radical (unpaired) electrons. The fraction of sp³-hybridized carbons (Fsp3) is 0.385. The molecule has 0 aliphatic carbocycles. The van der Waals surface area contributed by atoms with Gasteiger partial charge in [0.1, 0.15) is 11.8 Å². The summed E-state index contributed by atoms with van der Waals surface area (Å²) in [6.07, 6.45) is -6.70. The van der Waals surface area contributed by atoms with E-state index < -0.39 is 30.4 Å². The second-order valence-electron chi connectivity index (χ2n) is 4.67. The zero-order valence-corrected chi connectivity index (χ0v) is 11.1. The fourth-order valence-corrected chi connectivity index (χ4v) is 1.93. The summed E-state index contributed by atoms with van der Waals surface area (Å²) >= 11 is 0. The van der Waals surface area contributed by atoms with Gasteiger partial charge in [-0.2, -0.15) is 0 Å². The Kier molecular flexibility index (Phi) is 4.53. The van der Waals surface area contributed by atoms with E-state index in [1.54, 1.807) is 0 Å². The van der Waals surface area contributed by atoms with Crippen molar-refractivity contribution in [2.45, 2.75) is 31.5 Å². The van der Waals surface area contributed by atoms with Crippen LogP contribution in [0.15, 0.2) is 24.3 Å². The molecule has 9 heteroatoms.